The van der Waals surface area contributed by atoms with Crippen LogP contribution in [0.3, 0.4) is 0 Å². The molecule has 0 saturated heterocycles. The molecule has 104 valence electrons. The summed E-state index contributed by atoms with van der Waals surface area (Å²) in [7, 11) is 0. The summed E-state index contributed by atoms with van der Waals surface area (Å²) >= 11 is 3.40. The lowest BCUT2D eigenvalue weighted by atomic mass is 10.1. The zero-order valence-electron chi connectivity index (χ0n) is 11.1. The van der Waals surface area contributed by atoms with E-state index in [0.717, 1.165) is 16.5 Å². The van der Waals surface area contributed by atoms with Gasteiger partial charge in [-0.15, -0.1) is 0 Å². The molecule has 2 aromatic carbocycles. The van der Waals surface area contributed by atoms with Crippen LogP contribution >= 0.6 is 15.9 Å². The molecule has 1 saturated carbocycles. The van der Waals surface area contributed by atoms with Crippen LogP contribution in [0, 0.1) is 17.2 Å². The van der Waals surface area contributed by atoms with E-state index in [9.17, 15) is 4.79 Å². The van der Waals surface area contributed by atoms with Gasteiger partial charge in [0.2, 0.25) is 0 Å². The van der Waals surface area contributed by atoms with Gasteiger partial charge < -0.3 is 4.74 Å². The number of hydrogen-bond acceptors (Lipinski definition) is 3. The van der Waals surface area contributed by atoms with Crippen molar-refractivity contribution in [1.29, 1.82) is 5.26 Å². The molecular weight excluding hydrogens is 330 g/mol. The topological polar surface area (TPSA) is 50.1 Å². The Morgan fingerprint density at radius 2 is 2.00 bits per heavy atom. The van der Waals surface area contributed by atoms with E-state index in [-0.39, 0.29) is 17.8 Å². The van der Waals surface area contributed by atoms with Gasteiger partial charge in [-0.3, -0.25) is 4.79 Å². The number of nitriles is 1. The van der Waals surface area contributed by atoms with Crippen LogP contribution in [0.4, 0.5) is 0 Å². The highest BCUT2D eigenvalue weighted by atomic mass is 79.9. The molecule has 0 aromatic heterocycles. The number of hydrogen-bond donors (Lipinski definition) is 0. The van der Waals surface area contributed by atoms with E-state index in [2.05, 4.69) is 15.9 Å². The van der Waals surface area contributed by atoms with Crippen molar-refractivity contribution >= 4 is 21.9 Å². The second-order valence-electron chi connectivity index (χ2n) is 5.06. The zero-order chi connectivity index (χ0) is 14.8. The Morgan fingerprint density at radius 1 is 1.24 bits per heavy atom. The quantitative estimate of drug-likeness (QED) is 0.625. The maximum Gasteiger partial charge on any atom is 0.314 e. The first-order chi connectivity index (χ1) is 10.2. The molecular formula is C17H12BrNO2. The number of nitrogens with zero attached hydrogens (tertiary/aromatic N) is 1. The minimum Gasteiger partial charge on any atom is -0.426 e. The van der Waals surface area contributed by atoms with Crippen molar-refractivity contribution in [3.05, 3.63) is 64.1 Å². The van der Waals surface area contributed by atoms with E-state index in [4.69, 9.17) is 10.00 Å². The molecule has 0 amide bonds. The first-order valence-corrected chi connectivity index (χ1v) is 7.44. The number of rotatable bonds is 3. The van der Waals surface area contributed by atoms with Crippen molar-refractivity contribution < 1.29 is 9.53 Å². The van der Waals surface area contributed by atoms with Crippen LogP contribution in [-0.4, -0.2) is 5.97 Å². The molecule has 0 N–H and O–H groups in total. The Labute approximate surface area is 131 Å². The van der Waals surface area contributed by atoms with Crippen molar-refractivity contribution in [3.63, 3.8) is 0 Å². The molecule has 1 aliphatic carbocycles. The van der Waals surface area contributed by atoms with Crippen LogP contribution < -0.4 is 4.74 Å². The van der Waals surface area contributed by atoms with Crippen molar-refractivity contribution in [2.24, 2.45) is 5.92 Å². The molecule has 2 unspecified atom stereocenters. The van der Waals surface area contributed by atoms with E-state index in [1.54, 1.807) is 24.3 Å². The van der Waals surface area contributed by atoms with Crippen molar-refractivity contribution in [2.75, 3.05) is 0 Å². The number of benzene rings is 2. The molecule has 0 spiro atoms. The maximum atomic E-state index is 12.1. The first kappa shape index (κ1) is 13.8. The molecule has 1 aliphatic rings. The molecule has 2 atom stereocenters. The number of carbonyl (C=O) groups is 1. The number of carbonyl (C=O) groups excluding carboxylic acids is 1. The van der Waals surface area contributed by atoms with Gasteiger partial charge in [-0.2, -0.15) is 5.26 Å². The Balaban J connectivity index is 1.65. The molecule has 2 aromatic rings. The molecule has 0 radical (unpaired) electrons. The van der Waals surface area contributed by atoms with Gasteiger partial charge >= 0.3 is 5.97 Å². The minimum atomic E-state index is -0.224. The standard InChI is InChI=1S/C17H12BrNO2/c18-13-6-4-12(5-7-13)15-9-16(15)17(20)21-14-3-1-2-11(8-14)10-19/h1-8,15-16H,9H2. The summed E-state index contributed by atoms with van der Waals surface area (Å²) in [5.41, 5.74) is 1.64. The van der Waals surface area contributed by atoms with Crippen molar-refractivity contribution in [2.45, 2.75) is 12.3 Å². The predicted octanol–water partition coefficient (Wildman–Crippen LogP) is 4.03. The molecule has 0 bridgehead atoms. The van der Waals surface area contributed by atoms with Gasteiger partial charge in [0.1, 0.15) is 5.75 Å². The van der Waals surface area contributed by atoms with Crippen molar-refractivity contribution in [3.8, 4) is 11.8 Å². The van der Waals surface area contributed by atoms with Gasteiger partial charge in [0.15, 0.2) is 0 Å². The first-order valence-electron chi connectivity index (χ1n) is 6.64. The van der Waals surface area contributed by atoms with E-state index in [0.29, 0.717) is 11.3 Å². The summed E-state index contributed by atoms with van der Waals surface area (Å²) in [6.07, 6.45) is 0.818. The average molecular weight is 342 g/mol. The zero-order valence-corrected chi connectivity index (χ0v) is 12.7. The molecule has 4 heteroatoms. The lowest BCUT2D eigenvalue weighted by molar-refractivity contribution is -0.135. The molecule has 0 aliphatic heterocycles. The summed E-state index contributed by atoms with van der Waals surface area (Å²) < 4.78 is 6.38. The summed E-state index contributed by atoms with van der Waals surface area (Å²) in [6.45, 7) is 0. The van der Waals surface area contributed by atoms with Crippen LogP contribution in [0.5, 0.6) is 5.75 Å². The van der Waals surface area contributed by atoms with Gasteiger partial charge in [-0.1, -0.05) is 34.1 Å². The fourth-order valence-corrected chi connectivity index (χ4v) is 2.62. The Kier molecular flexibility index (Phi) is 3.76. The molecule has 3 nitrogen and oxygen atoms in total. The number of halogens is 1. The third kappa shape index (κ3) is 3.14. The lowest BCUT2D eigenvalue weighted by Crippen LogP contribution is -2.11. The number of ether oxygens (including phenoxy) is 1. The third-order valence-corrected chi connectivity index (χ3v) is 4.10. The van der Waals surface area contributed by atoms with Crippen LogP contribution in [0.2, 0.25) is 0 Å². The molecule has 21 heavy (non-hydrogen) atoms. The van der Waals surface area contributed by atoms with E-state index >= 15 is 0 Å². The lowest BCUT2D eigenvalue weighted by Gasteiger charge is -2.04. The Hall–Kier alpha value is -2.12. The highest BCUT2D eigenvalue weighted by molar-refractivity contribution is 9.10. The van der Waals surface area contributed by atoms with Crippen LogP contribution in [-0.2, 0) is 4.79 Å². The summed E-state index contributed by atoms with van der Waals surface area (Å²) in [5.74, 6) is 0.361. The van der Waals surface area contributed by atoms with Crippen LogP contribution in [0.25, 0.3) is 0 Å². The smallest absolute Gasteiger partial charge is 0.314 e. The third-order valence-electron chi connectivity index (χ3n) is 3.57. The van der Waals surface area contributed by atoms with E-state index in [1.807, 2.05) is 30.3 Å². The van der Waals surface area contributed by atoms with Gasteiger partial charge in [-0.05, 0) is 48.2 Å². The van der Waals surface area contributed by atoms with Gasteiger partial charge in [0.25, 0.3) is 0 Å². The van der Waals surface area contributed by atoms with Crippen molar-refractivity contribution in [1.82, 2.24) is 0 Å². The van der Waals surface area contributed by atoms with Gasteiger partial charge in [-0.25, -0.2) is 0 Å². The monoisotopic (exact) mass is 341 g/mol. The van der Waals surface area contributed by atoms with Crippen LogP contribution in [0.15, 0.2) is 53.0 Å². The molecule has 1 fully saturated rings. The predicted molar refractivity (Wildman–Crippen MR) is 81.8 cm³/mol. The van der Waals surface area contributed by atoms with Crippen LogP contribution in [0.1, 0.15) is 23.5 Å². The van der Waals surface area contributed by atoms with E-state index < -0.39 is 0 Å². The summed E-state index contributed by atoms with van der Waals surface area (Å²) in [6, 6.07) is 16.7. The largest absolute Gasteiger partial charge is 0.426 e. The van der Waals surface area contributed by atoms with Gasteiger partial charge in [0.05, 0.1) is 17.6 Å². The normalized spacial score (nSPS) is 19.6. The van der Waals surface area contributed by atoms with Gasteiger partial charge in [0, 0.05) is 4.47 Å². The second kappa shape index (κ2) is 5.71. The fraction of sp³-hybridized carbons (Fsp3) is 0.176. The average Bonchev–Trinajstić information content (AvgIpc) is 3.29. The fourth-order valence-electron chi connectivity index (χ4n) is 2.35. The van der Waals surface area contributed by atoms with E-state index in [1.165, 1.54) is 0 Å². The SMILES string of the molecule is N#Cc1cccc(OC(=O)C2CC2c2ccc(Br)cc2)c1. The Morgan fingerprint density at radius 3 is 2.71 bits per heavy atom. The Bertz CT molecular complexity index is 718. The highest BCUT2D eigenvalue weighted by Crippen LogP contribution is 2.48. The number of esters is 1. The summed E-state index contributed by atoms with van der Waals surface area (Å²) in [4.78, 5) is 12.1. The molecule has 0 heterocycles. The maximum absolute atomic E-state index is 12.1. The molecule has 3 rings (SSSR count). The summed E-state index contributed by atoms with van der Waals surface area (Å²) in [5, 5.41) is 8.84. The minimum absolute atomic E-state index is 0.0862. The highest BCUT2D eigenvalue weighted by Gasteiger charge is 2.45. The second-order valence-corrected chi connectivity index (χ2v) is 5.98.